The molecule has 12 heteroatoms. The van der Waals surface area contributed by atoms with Crippen molar-refractivity contribution in [2.75, 3.05) is 13.2 Å². The van der Waals surface area contributed by atoms with E-state index in [2.05, 4.69) is 10.6 Å². The van der Waals surface area contributed by atoms with Gasteiger partial charge in [-0.05, 0) is 31.4 Å². The molecule has 1 saturated heterocycles. The fraction of sp³-hybridized carbons (Fsp3) is 0.233. The summed E-state index contributed by atoms with van der Waals surface area (Å²) in [7, 11) is 0. The van der Waals surface area contributed by atoms with Gasteiger partial charge in [-0.15, -0.1) is 0 Å². The van der Waals surface area contributed by atoms with Crippen LogP contribution in [0.4, 0.5) is 0 Å². The Morgan fingerprint density at radius 1 is 0.905 bits per heavy atom. The summed E-state index contributed by atoms with van der Waals surface area (Å²) in [6.45, 7) is 0.409. The van der Waals surface area contributed by atoms with E-state index in [1.165, 1.54) is 18.2 Å². The zero-order valence-corrected chi connectivity index (χ0v) is 22.1. The first-order valence-corrected chi connectivity index (χ1v) is 13.3. The van der Waals surface area contributed by atoms with E-state index < -0.39 is 41.4 Å². The van der Waals surface area contributed by atoms with Crippen LogP contribution in [-0.4, -0.2) is 65.2 Å². The van der Waals surface area contributed by atoms with Gasteiger partial charge in [-0.1, -0.05) is 30.3 Å². The molecule has 0 saturated carbocycles. The minimum absolute atomic E-state index is 0.0243. The molecule has 3 aromatic rings. The molecular formula is C30H23N3O9. The van der Waals surface area contributed by atoms with Gasteiger partial charge in [0.05, 0.1) is 23.3 Å². The van der Waals surface area contributed by atoms with Crippen LogP contribution in [-0.2, 0) is 9.59 Å². The van der Waals surface area contributed by atoms with Gasteiger partial charge in [0.1, 0.15) is 11.8 Å². The van der Waals surface area contributed by atoms with Crippen molar-refractivity contribution in [1.82, 2.24) is 15.5 Å². The van der Waals surface area contributed by atoms with E-state index in [9.17, 15) is 33.6 Å². The molecule has 1 fully saturated rings. The summed E-state index contributed by atoms with van der Waals surface area (Å²) < 4.78 is 11.2. The van der Waals surface area contributed by atoms with Crippen LogP contribution in [0.1, 0.15) is 89.0 Å². The molecule has 2 N–H and O–H groups in total. The number of ether oxygens (including phenoxy) is 1. The second kappa shape index (κ2) is 10.5. The maximum atomic E-state index is 13.1. The smallest absolute Gasteiger partial charge is 0.287 e. The topological polar surface area (TPSA) is 169 Å². The fourth-order valence-corrected chi connectivity index (χ4v) is 5.29. The summed E-state index contributed by atoms with van der Waals surface area (Å²) in [4.78, 5) is 88.8. The molecule has 1 unspecified atom stereocenters. The number of furan rings is 1. The lowest BCUT2D eigenvalue weighted by Gasteiger charge is -2.27. The van der Waals surface area contributed by atoms with Crippen LogP contribution in [0.5, 0.6) is 5.75 Å². The lowest BCUT2D eigenvalue weighted by molar-refractivity contribution is -0.136. The van der Waals surface area contributed by atoms with Crippen LogP contribution >= 0.6 is 0 Å². The van der Waals surface area contributed by atoms with Crippen molar-refractivity contribution < 1.29 is 42.7 Å². The zero-order chi connectivity index (χ0) is 29.5. The largest absolute Gasteiger partial charge is 0.493 e. The fourth-order valence-electron chi connectivity index (χ4n) is 5.29. The van der Waals surface area contributed by atoms with Crippen molar-refractivity contribution >= 4 is 41.1 Å². The van der Waals surface area contributed by atoms with Crippen LogP contribution < -0.4 is 15.4 Å². The normalized spacial score (nSPS) is 17.5. The maximum absolute atomic E-state index is 13.1. The van der Waals surface area contributed by atoms with Gasteiger partial charge in [-0.25, -0.2) is 0 Å². The number of piperidine rings is 1. The van der Waals surface area contributed by atoms with E-state index in [4.69, 9.17) is 9.15 Å². The van der Waals surface area contributed by atoms with Crippen LogP contribution in [0.25, 0.3) is 0 Å². The highest BCUT2D eigenvalue weighted by Gasteiger charge is 2.46. The minimum Gasteiger partial charge on any atom is -0.493 e. The third-order valence-corrected chi connectivity index (χ3v) is 7.37. The molecule has 5 amide bonds. The van der Waals surface area contributed by atoms with E-state index in [1.54, 1.807) is 30.3 Å². The maximum Gasteiger partial charge on any atom is 0.287 e. The molecule has 3 aliphatic rings. The van der Waals surface area contributed by atoms with E-state index in [-0.39, 0.29) is 76.9 Å². The molecule has 6 rings (SSSR count). The van der Waals surface area contributed by atoms with E-state index in [1.807, 2.05) is 0 Å². The number of amides is 5. The highest BCUT2D eigenvalue weighted by atomic mass is 16.5. The van der Waals surface area contributed by atoms with Gasteiger partial charge in [0, 0.05) is 30.2 Å². The van der Waals surface area contributed by atoms with Crippen LogP contribution in [0.15, 0.2) is 52.9 Å². The minimum atomic E-state index is -1.07. The van der Waals surface area contributed by atoms with Crippen molar-refractivity contribution in [2.45, 2.75) is 31.7 Å². The second-order valence-corrected chi connectivity index (χ2v) is 9.99. The van der Waals surface area contributed by atoms with E-state index in [0.717, 1.165) is 4.90 Å². The monoisotopic (exact) mass is 569 g/mol. The predicted octanol–water partition coefficient (Wildman–Crippen LogP) is 2.05. The van der Waals surface area contributed by atoms with E-state index in [0.29, 0.717) is 12.8 Å². The number of rotatable bonds is 8. The van der Waals surface area contributed by atoms with Crippen molar-refractivity contribution in [2.24, 2.45) is 0 Å². The molecule has 0 radical (unpaired) electrons. The number of hydrogen-bond acceptors (Lipinski definition) is 9. The molecule has 212 valence electrons. The number of nitrogens with zero attached hydrogens (tertiary/aromatic N) is 1. The zero-order valence-electron chi connectivity index (χ0n) is 22.1. The predicted molar refractivity (Wildman–Crippen MR) is 142 cm³/mol. The van der Waals surface area contributed by atoms with Crippen LogP contribution in [0.3, 0.4) is 0 Å². The Labute approximate surface area is 238 Å². The summed E-state index contributed by atoms with van der Waals surface area (Å²) in [6, 6.07) is 11.2. The quantitative estimate of drug-likeness (QED) is 0.238. The Bertz CT molecular complexity index is 1670. The molecule has 2 aromatic carbocycles. The third-order valence-electron chi connectivity index (χ3n) is 7.37. The number of nitrogens with one attached hydrogen (secondary N) is 2. The molecule has 0 bridgehead atoms. The molecule has 1 aliphatic carbocycles. The van der Waals surface area contributed by atoms with Crippen molar-refractivity contribution in [3.63, 3.8) is 0 Å². The molecule has 1 atom stereocenters. The molecular weight excluding hydrogens is 546 g/mol. The Morgan fingerprint density at radius 2 is 1.64 bits per heavy atom. The van der Waals surface area contributed by atoms with Crippen LogP contribution in [0.2, 0.25) is 0 Å². The Morgan fingerprint density at radius 3 is 2.40 bits per heavy atom. The average molecular weight is 570 g/mol. The lowest BCUT2D eigenvalue weighted by Crippen LogP contribution is -2.54. The highest BCUT2D eigenvalue weighted by Crippen LogP contribution is 2.34. The number of carbonyl (C=O) groups is 7. The summed E-state index contributed by atoms with van der Waals surface area (Å²) in [5, 5.41) is 4.84. The van der Waals surface area contributed by atoms with Gasteiger partial charge in [-0.2, -0.15) is 0 Å². The molecule has 1 aromatic heterocycles. The molecule has 0 spiro atoms. The summed E-state index contributed by atoms with van der Waals surface area (Å²) in [5.74, 6) is -3.94. The summed E-state index contributed by atoms with van der Waals surface area (Å²) >= 11 is 0. The number of unbranched alkanes of at least 4 members (excludes halogenated alkanes) is 1. The third kappa shape index (κ3) is 4.46. The van der Waals surface area contributed by atoms with Gasteiger partial charge in [-0.3, -0.25) is 43.8 Å². The molecule has 12 nitrogen and oxygen atoms in total. The van der Waals surface area contributed by atoms with Gasteiger partial charge in [0.15, 0.2) is 17.3 Å². The molecule has 3 heterocycles. The Hall–Kier alpha value is -5.39. The van der Waals surface area contributed by atoms with Crippen LogP contribution in [0, 0.1) is 0 Å². The van der Waals surface area contributed by atoms with Gasteiger partial charge in [0.25, 0.3) is 17.7 Å². The number of fused-ring (bicyclic) bond motifs is 3. The Balaban J connectivity index is 1.02. The number of hydrogen-bond donors (Lipinski definition) is 2. The first-order valence-electron chi connectivity index (χ1n) is 13.3. The average Bonchev–Trinajstić information content (AvgIpc) is 3.54. The summed E-state index contributed by atoms with van der Waals surface area (Å²) in [5.41, 5.74) is 0.734. The second-order valence-electron chi connectivity index (χ2n) is 9.99. The first-order chi connectivity index (χ1) is 20.3. The summed E-state index contributed by atoms with van der Waals surface area (Å²) in [6.07, 6.45) is 1.04. The number of carbonyl (C=O) groups excluding carboxylic acids is 7. The SMILES string of the molecule is O=C1CCC(N2C(=O)c3cccc(OCCCCNC(=O)c4cc5c(o4)C(=O)c4ccccc4C5=O)c3C2=O)C(=O)N1. The van der Waals surface area contributed by atoms with Crippen molar-refractivity contribution in [1.29, 1.82) is 0 Å². The standard InChI is InChI=1S/C30H23N3O9/c34-22-11-10-19(27(37)32-22)33-29(39)17-8-5-9-20(23(17)30(33)40)41-13-4-3-12-31-28(38)21-14-18-24(35)15-6-1-2-7-16(15)25(36)26(18)42-21/h1-2,5-9,14,19H,3-4,10-13H2,(H,31,38)(H,32,34,37). The van der Waals surface area contributed by atoms with Gasteiger partial charge >= 0.3 is 0 Å². The van der Waals surface area contributed by atoms with Crippen molar-refractivity contribution in [3.8, 4) is 5.75 Å². The van der Waals surface area contributed by atoms with Gasteiger partial charge < -0.3 is 14.5 Å². The number of ketones is 2. The molecule has 42 heavy (non-hydrogen) atoms. The van der Waals surface area contributed by atoms with Crippen molar-refractivity contribution in [3.05, 3.63) is 87.9 Å². The number of benzene rings is 2. The Kier molecular flexibility index (Phi) is 6.73. The highest BCUT2D eigenvalue weighted by molar-refractivity contribution is 6.28. The number of imide groups is 2. The van der Waals surface area contributed by atoms with Gasteiger partial charge in [0.2, 0.25) is 17.6 Å². The van der Waals surface area contributed by atoms with E-state index >= 15 is 0 Å². The lowest BCUT2D eigenvalue weighted by atomic mass is 9.89. The first kappa shape index (κ1) is 26.8. The molecule has 2 aliphatic heterocycles.